The van der Waals surface area contributed by atoms with E-state index < -0.39 is 16.1 Å². The minimum atomic E-state index is -3.86. The fourth-order valence-corrected chi connectivity index (χ4v) is 4.25. The van der Waals surface area contributed by atoms with Crippen molar-refractivity contribution in [1.29, 1.82) is 0 Å². The highest BCUT2D eigenvalue weighted by Gasteiger charge is 2.34. The van der Waals surface area contributed by atoms with Crippen molar-refractivity contribution in [3.8, 4) is 11.5 Å². The van der Waals surface area contributed by atoms with Crippen molar-refractivity contribution in [3.05, 3.63) is 64.9 Å². The third-order valence-electron chi connectivity index (χ3n) is 4.44. The molecular formula is C20H21NO5S. The van der Waals surface area contributed by atoms with Crippen molar-refractivity contribution >= 4 is 15.8 Å². The lowest BCUT2D eigenvalue weighted by atomic mass is 9.93. The van der Waals surface area contributed by atoms with Gasteiger partial charge in [-0.2, -0.15) is 4.72 Å². The van der Waals surface area contributed by atoms with Crippen LogP contribution < -0.4 is 14.2 Å². The molecule has 1 heterocycles. The van der Waals surface area contributed by atoms with E-state index in [9.17, 15) is 13.2 Å². The van der Waals surface area contributed by atoms with E-state index in [1.807, 2.05) is 6.92 Å². The highest BCUT2D eigenvalue weighted by Crippen LogP contribution is 2.40. The van der Waals surface area contributed by atoms with Gasteiger partial charge in [0.2, 0.25) is 10.0 Å². The van der Waals surface area contributed by atoms with Gasteiger partial charge in [-0.1, -0.05) is 17.7 Å². The molecule has 142 valence electrons. The van der Waals surface area contributed by atoms with Crippen molar-refractivity contribution in [3.63, 3.8) is 0 Å². The molecule has 1 aliphatic rings. The highest BCUT2D eigenvalue weighted by atomic mass is 32.2. The Labute approximate surface area is 158 Å². The van der Waals surface area contributed by atoms with Crippen LogP contribution in [0.2, 0.25) is 0 Å². The molecule has 3 rings (SSSR count). The third kappa shape index (κ3) is 3.74. The van der Waals surface area contributed by atoms with Gasteiger partial charge in [0.25, 0.3) is 0 Å². The third-order valence-corrected chi connectivity index (χ3v) is 5.88. The van der Waals surface area contributed by atoms with Crippen LogP contribution in [0.15, 0.2) is 58.7 Å². The Morgan fingerprint density at radius 3 is 2.37 bits per heavy atom. The number of allylic oxidation sites excluding steroid dienone is 1. The Hall–Kier alpha value is -2.64. The zero-order valence-electron chi connectivity index (χ0n) is 15.6. The number of aryl methyl sites for hydroxylation is 1. The molecule has 0 aromatic heterocycles. The maximum Gasteiger partial charge on any atom is 0.241 e. The zero-order valence-corrected chi connectivity index (χ0v) is 16.4. The molecule has 2 aromatic rings. The second-order valence-electron chi connectivity index (χ2n) is 6.40. The molecular weight excluding hydrogens is 366 g/mol. The van der Waals surface area contributed by atoms with Gasteiger partial charge >= 0.3 is 0 Å². The van der Waals surface area contributed by atoms with E-state index in [0.717, 1.165) is 5.56 Å². The number of hydrogen-bond donors (Lipinski definition) is 1. The molecule has 7 heteroatoms. The predicted molar refractivity (Wildman–Crippen MR) is 101 cm³/mol. The van der Waals surface area contributed by atoms with Crippen LogP contribution in [0.5, 0.6) is 11.5 Å². The van der Waals surface area contributed by atoms with Gasteiger partial charge in [-0.05, 0) is 51.1 Å². The molecule has 1 atom stereocenters. The van der Waals surface area contributed by atoms with Gasteiger partial charge in [0.1, 0.15) is 17.3 Å². The number of carbonyl (C=O) groups is 1. The molecule has 0 spiro atoms. The summed E-state index contributed by atoms with van der Waals surface area (Å²) in [5, 5.41) is 0. The van der Waals surface area contributed by atoms with E-state index >= 15 is 0 Å². The second kappa shape index (κ2) is 7.17. The van der Waals surface area contributed by atoms with Crippen LogP contribution in [0.1, 0.15) is 31.0 Å². The largest absolute Gasteiger partial charge is 0.497 e. The summed E-state index contributed by atoms with van der Waals surface area (Å²) in [7, 11) is -2.34. The van der Waals surface area contributed by atoms with Crippen molar-refractivity contribution < 1.29 is 22.7 Å². The minimum absolute atomic E-state index is 0.129. The fourth-order valence-electron chi connectivity index (χ4n) is 3.06. The number of ether oxygens (including phenoxy) is 2. The summed E-state index contributed by atoms with van der Waals surface area (Å²) in [6.07, 6.45) is 0. The van der Waals surface area contributed by atoms with E-state index in [4.69, 9.17) is 9.47 Å². The molecule has 0 aliphatic carbocycles. The Bertz CT molecular complexity index is 1020. The van der Waals surface area contributed by atoms with Crippen molar-refractivity contribution in [2.24, 2.45) is 0 Å². The Morgan fingerprint density at radius 1 is 1.11 bits per heavy atom. The molecule has 0 saturated carbocycles. The monoisotopic (exact) mass is 387 g/mol. The van der Waals surface area contributed by atoms with Gasteiger partial charge in [0.05, 0.1) is 23.6 Å². The Balaban J connectivity index is 2.10. The first kappa shape index (κ1) is 19.1. The van der Waals surface area contributed by atoms with Crippen LogP contribution in [0, 0.1) is 6.92 Å². The van der Waals surface area contributed by atoms with E-state index in [1.165, 1.54) is 26.2 Å². The van der Waals surface area contributed by atoms with Crippen molar-refractivity contribution in [1.82, 2.24) is 4.72 Å². The molecule has 0 fully saturated rings. The fraction of sp³-hybridized carbons (Fsp3) is 0.250. The molecule has 2 aromatic carbocycles. The number of fused-ring (bicyclic) bond motifs is 1. The molecule has 1 aliphatic heterocycles. The number of methoxy groups -OCH3 is 1. The number of ketones is 1. The Morgan fingerprint density at radius 2 is 1.78 bits per heavy atom. The maximum absolute atomic E-state index is 12.9. The molecule has 0 saturated heterocycles. The van der Waals surface area contributed by atoms with E-state index in [1.54, 1.807) is 37.3 Å². The lowest BCUT2D eigenvalue weighted by molar-refractivity contribution is -0.114. The first-order chi connectivity index (χ1) is 12.7. The summed E-state index contributed by atoms with van der Waals surface area (Å²) in [4.78, 5) is 12.4. The number of Topliss-reactive ketones (excluding diaryl/α,β-unsaturated/α-hetero) is 1. The topological polar surface area (TPSA) is 81.7 Å². The molecule has 1 N–H and O–H groups in total. The molecule has 6 nitrogen and oxygen atoms in total. The first-order valence-corrected chi connectivity index (χ1v) is 9.87. The van der Waals surface area contributed by atoms with Gasteiger partial charge in [-0.25, -0.2) is 8.42 Å². The summed E-state index contributed by atoms with van der Waals surface area (Å²) in [6, 6.07) is 10.7. The van der Waals surface area contributed by atoms with E-state index in [0.29, 0.717) is 22.8 Å². The number of nitrogens with one attached hydrogen (secondary N) is 1. The molecule has 27 heavy (non-hydrogen) atoms. The maximum atomic E-state index is 12.9. The smallest absolute Gasteiger partial charge is 0.241 e. The summed E-state index contributed by atoms with van der Waals surface area (Å²) in [6.45, 7) is 4.92. The standard InChI is InChI=1S/C20H21NO5S/c1-12-5-8-16(9-6-12)27(23,24)21-20-17-11-15(25-4)7-10-18(17)26-14(3)19(20)13(2)22/h5-11,20-21H,1-4H3. The second-order valence-corrected chi connectivity index (χ2v) is 8.11. The molecule has 1 unspecified atom stereocenters. The van der Waals surface area contributed by atoms with Crippen LogP contribution in [-0.2, 0) is 14.8 Å². The van der Waals surface area contributed by atoms with Crippen LogP contribution in [0.4, 0.5) is 0 Å². The molecule has 0 amide bonds. The van der Waals surface area contributed by atoms with Crippen LogP contribution in [0.25, 0.3) is 0 Å². The lowest BCUT2D eigenvalue weighted by Crippen LogP contribution is -2.34. The van der Waals surface area contributed by atoms with Gasteiger partial charge in [-0.15, -0.1) is 0 Å². The number of sulfonamides is 1. The summed E-state index contributed by atoms with van der Waals surface area (Å²) in [5.74, 6) is 1.13. The number of benzene rings is 2. The summed E-state index contributed by atoms with van der Waals surface area (Å²) < 4.78 is 39.5. The van der Waals surface area contributed by atoms with Gasteiger partial charge in [0, 0.05) is 5.56 Å². The van der Waals surface area contributed by atoms with Crippen LogP contribution in [0.3, 0.4) is 0 Å². The van der Waals surface area contributed by atoms with Crippen molar-refractivity contribution in [2.75, 3.05) is 7.11 Å². The van der Waals surface area contributed by atoms with Crippen LogP contribution in [-0.4, -0.2) is 21.3 Å². The quantitative estimate of drug-likeness (QED) is 0.851. The first-order valence-electron chi connectivity index (χ1n) is 8.39. The normalized spacial score (nSPS) is 16.5. The zero-order chi connectivity index (χ0) is 19.8. The molecule has 0 radical (unpaired) electrons. The predicted octanol–water partition coefficient (Wildman–Crippen LogP) is 3.28. The van der Waals surface area contributed by atoms with Crippen LogP contribution >= 0.6 is 0 Å². The van der Waals surface area contributed by atoms with Gasteiger partial charge in [0.15, 0.2) is 5.78 Å². The minimum Gasteiger partial charge on any atom is -0.497 e. The highest BCUT2D eigenvalue weighted by molar-refractivity contribution is 7.89. The van der Waals surface area contributed by atoms with Gasteiger partial charge < -0.3 is 9.47 Å². The Kier molecular flexibility index (Phi) is 5.08. The lowest BCUT2D eigenvalue weighted by Gasteiger charge is -2.29. The summed E-state index contributed by atoms with van der Waals surface area (Å²) in [5.41, 5.74) is 1.75. The molecule has 0 bridgehead atoms. The number of rotatable bonds is 5. The average Bonchev–Trinajstić information content (AvgIpc) is 2.61. The number of carbonyl (C=O) groups excluding carboxylic acids is 1. The van der Waals surface area contributed by atoms with Crippen molar-refractivity contribution in [2.45, 2.75) is 31.7 Å². The van der Waals surface area contributed by atoms with E-state index in [2.05, 4.69) is 4.72 Å². The SMILES string of the molecule is COc1ccc2c(c1)C(NS(=O)(=O)c1ccc(C)cc1)C(C(C)=O)=C(C)O2. The average molecular weight is 387 g/mol. The number of hydrogen-bond acceptors (Lipinski definition) is 5. The van der Waals surface area contributed by atoms with E-state index in [-0.39, 0.29) is 16.3 Å². The van der Waals surface area contributed by atoms with Gasteiger partial charge in [-0.3, -0.25) is 4.79 Å². The summed E-state index contributed by atoms with van der Waals surface area (Å²) >= 11 is 0.